The summed E-state index contributed by atoms with van der Waals surface area (Å²) < 4.78 is 10.3. The van der Waals surface area contributed by atoms with Gasteiger partial charge >= 0.3 is 0 Å². The number of aliphatic hydroxyl groups is 1. The molecule has 96 valence electrons. The Morgan fingerprint density at radius 1 is 1.47 bits per heavy atom. The highest BCUT2D eigenvalue weighted by Gasteiger charge is 1.99. The van der Waals surface area contributed by atoms with Gasteiger partial charge in [-0.25, -0.2) is 0 Å². The molecule has 1 heterocycles. The molecule has 0 bridgehead atoms. The van der Waals surface area contributed by atoms with Crippen molar-refractivity contribution in [1.29, 1.82) is 0 Å². The molecule has 6 nitrogen and oxygen atoms in total. The molecule has 1 aromatic heterocycles. The minimum atomic E-state index is 0.0471. The van der Waals surface area contributed by atoms with Crippen LogP contribution in [0.2, 0.25) is 0 Å². The van der Waals surface area contributed by atoms with Crippen LogP contribution < -0.4 is 10.6 Å². The smallest absolute Gasteiger partial charge is 0.191 e. The van der Waals surface area contributed by atoms with Crippen LogP contribution in [0.15, 0.2) is 27.8 Å². The number of guanidine groups is 1. The number of aliphatic imine (C=N–C) groups is 1. The monoisotopic (exact) mass is 241 g/mol. The highest BCUT2D eigenvalue weighted by molar-refractivity contribution is 5.79. The van der Waals surface area contributed by atoms with Gasteiger partial charge in [0, 0.05) is 13.6 Å². The van der Waals surface area contributed by atoms with E-state index in [2.05, 4.69) is 15.6 Å². The lowest BCUT2D eigenvalue weighted by molar-refractivity contribution is 0.0957. The third-order valence-electron chi connectivity index (χ3n) is 2.01. The van der Waals surface area contributed by atoms with Crippen LogP contribution in [0, 0.1) is 0 Å². The molecule has 6 heteroatoms. The number of ether oxygens (including phenoxy) is 1. The Kier molecular flexibility index (Phi) is 6.85. The van der Waals surface area contributed by atoms with Crippen molar-refractivity contribution in [3.05, 3.63) is 24.2 Å². The quantitative estimate of drug-likeness (QED) is 0.354. The Bertz CT molecular complexity index is 312. The average molecular weight is 241 g/mol. The first-order valence-corrected chi connectivity index (χ1v) is 5.52. The summed E-state index contributed by atoms with van der Waals surface area (Å²) in [4.78, 5) is 4.05. The zero-order valence-electron chi connectivity index (χ0n) is 9.98. The van der Waals surface area contributed by atoms with Gasteiger partial charge in [0.05, 0.1) is 32.6 Å². The van der Waals surface area contributed by atoms with E-state index in [0.717, 1.165) is 5.76 Å². The Morgan fingerprint density at radius 3 is 3.00 bits per heavy atom. The standard InChI is InChI=1S/C11H19N3O3/c1-12-11(13-4-7-16-8-5-15)14-9-10-3-2-6-17-10/h2-3,6,15H,4-5,7-9H2,1H3,(H2,12,13,14). The van der Waals surface area contributed by atoms with E-state index < -0.39 is 0 Å². The summed E-state index contributed by atoms with van der Waals surface area (Å²) in [5.41, 5.74) is 0. The number of nitrogens with one attached hydrogen (secondary N) is 2. The lowest BCUT2D eigenvalue weighted by atomic mass is 10.4. The van der Waals surface area contributed by atoms with Crippen LogP contribution in [0.3, 0.4) is 0 Å². The zero-order valence-corrected chi connectivity index (χ0v) is 9.98. The maximum absolute atomic E-state index is 8.52. The molecular weight excluding hydrogens is 222 g/mol. The van der Waals surface area contributed by atoms with E-state index in [0.29, 0.717) is 32.3 Å². The van der Waals surface area contributed by atoms with E-state index in [1.165, 1.54) is 0 Å². The molecule has 0 radical (unpaired) electrons. The molecule has 0 aromatic carbocycles. The summed E-state index contributed by atoms with van der Waals surface area (Å²) in [5, 5.41) is 14.7. The van der Waals surface area contributed by atoms with Gasteiger partial charge in [-0.3, -0.25) is 4.99 Å². The third kappa shape index (κ3) is 5.94. The Morgan fingerprint density at radius 2 is 2.35 bits per heavy atom. The van der Waals surface area contributed by atoms with Gasteiger partial charge in [0.1, 0.15) is 5.76 Å². The van der Waals surface area contributed by atoms with Crippen LogP contribution in [0.4, 0.5) is 0 Å². The number of aliphatic hydroxyl groups excluding tert-OH is 1. The SMILES string of the molecule is CN=C(NCCOCCO)NCc1ccco1. The van der Waals surface area contributed by atoms with Crippen LogP contribution in [-0.4, -0.2) is 44.5 Å². The van der Waals surface area contributed by atoms with Crippen molar-refractivity contribution in [3.8, 4) is 0 Å². The van der Waals surface area contributed by atoms with Crippen LogP contribution in [0.25, 0.3) is 0 Å². The Labute approximate surface area is 101 Å². The van der Waals surface area contributed by atoms with E-state index in [-0.39, 0.29) is 6.61 Å². The first-order chi connectivity index (χ1) is 8.36. The molecule has 17 heavy (non-hydrogen) atoms. The number of furan rings is 1. The fourth-order valence-corrected chi connectivity index (χ4v) is 1.21. The summed E-state index contributed by atoms with van der Waals surface area (Å²) in [7, 11) is 1.70. The highest BCUT2D eigenvalue weighted by Crippen LogP contribution is 1.97. The van der Waals surface area contributed by atoms with Gasteiger partial charge in [-0.1, -0.05) is 0 Å². The maximum atomic E-state index is 8.52. The molecule has 1 rings (SSSR count). The van der Waals surface area contributed by atoms with Gasteiger partial charge in [0.15, 0.2) is 5.96 Å². The summed E-state index contributed by atoms with van der Waals surface area (Å²) in [5.74, 6) is 1.54. The van der Waals surface area contributed by atoms with Crippen molar-refractivity contribution in [2.75, 3.05) is 33.4 Å². The predicted molar refractivity (Wildman–Crippen MR) is 64.8 cm³/mol. The van der Waals surface area contributed by atoms with Gasteiger partial charge in [0.2, 0.25) is 0 Å². The second-order valence-electron chi connectivity index (χ2n) is 3.27. The zero-order chi connectivity index (χ0) is 12.3. The van der Waals surface area contributed by atoms with E-state index >= 15 is 0 Å². The Balaban J connectivity index is 2.12. The predicted octanol–water partition coefficient (Wildman–Crippen LogP) is -0.0465. The average Bonchev–Trinajstić information content (AvgIpc) is 2.86. The first kappa shape index (κ1) is 13.5. The topological polar surface area (TPSA) is 79.0 Å². The molecular formula is C11H19N3O3. The molecule has 0 spiro atoms. The Hall–Kier alpha value is -1.53. The van der Waals surface area contributed by atoms with Crippen LogP contribution >= 0.6 is 0 Å². The molecule has 1 aromatic rings. The van der Waals surface area contributed by atoms with Crippen molar-refractivity contribution in [1.82, 2.24) is 10.6 Å². The van der Waals surface area contributed by atoms with E-state index in [4.69, 9.17) is 14.3 Å². The molecule has 0 fully saturated rings. The molecule has 0 aliphatic heterocycles. The van der Waals surface area contributed by atoms with Crippen molar-refractivity contribution in [2.24, 2.45) is 4.99 Å². The molecule has 0 saturated heterocycles. The molecule has 0 aliphatic rings. The van der Waals surface area contributed by atoms with E-state index in [1.54, 1.807) is 13.3 Å². The lowest BCUT2D eigenvalue weighted by Crippen LogP contribution is -2.38. The minimum absolute atomic E-state index is 0.0471. The molecule has 0 unspecified atom stereocenters. The van der Waals surface area contributed by atoms with Crippen molar-refractivity contribution in [2.45, 2.75) is 6.54 Å². The first-order valence-electron chi connectivity index (χ1n) is 5.52. The van der Waals surface area contributed by atoms with Gasteiger partial charge in [-0.05, 0) is 12.1 Å². The third-order valence-corrected chi connectivity index (χ3v) is 2.01. The van der Waals surface area contributed by atoms with Crippen molar-refractivity contribution < 1.29 is 14.3 Å². The number of hydrogen-bond donors (Lipinski definition) is 3. The maximum Gasteiger partial charge on any atom is 0.191 e. The largest absolute Gasteiger partial charge is 0.467 e. The summed E-state index contributed by atoms with van der Waals surface area (Å²) in [6, 6.07) is 3.74. The second-order valence-corrected chi connectivity index (χ2v) is 3.27. The van der Waals surface area contributed by atoms with Gasteiger partial charge in [-0.15, -0.1) is 0 Å². The molecule has 3 N–H and O–H groups in total. The van der Waals surface area contributed by atoms with Gasteiger partial charge < -0.3 is 24.9 Å². The molecule has 0 atom stereocenters. The summed E-state index contributed by atoms with van der Waals surface area (Å²) in [6.45, 7) is 2.16. The fourth-order valence-electron chi connectivity index (χ4n) is 1.21. The van der Waals surface area contributed by atoms with Crippen molar-refractivity contribution in [3.63, 3.8) is 0 Å². The second kappa shape index (κ2) is 8.60. The highest BCUT2D eigenvalue weighted by atomic mass is 16.5. The van der Waals surface area contributed by atoms with Gasteiger partial charge in [0.25, 0.3) is 0 Å². The van der Waals surface area contributed by atoms with Crippen LogP contribution in [0.1, 0.15) is 5.76 Å². The number of hydrogen-bond acceptors (Lipinski definition) is 4. The van der Waals surface area contributed by atoms with E-state index in [1.807, 2.05) is 12.1 Å². The summed E-state index contributed by atoms with van der Waals surface area (Å²) >= 11 is 0. The number of rotatable bonds is 7. The van der Waals surface area contributed by atoms with Crippen molar-refractivity contribution >= 4 is 5.96 Å². The molecule has 0 saturated carbocycles. The van der Waals surface area contributed by atoms with E-state index in [9.17, 15) is 0 Å². The molecule has 0 amide bonds. The lowest BCUT2D eigenvalue weighted by Gasteiger charge is -2.10. The van der Waals surface area contributed by atoms with Gasteiger partial charge in [-0.2, -0.15) is 0 Å². The normalized spacial score (nSPS) is 11.5. The minimum Gasteiger partial charge on any atom is -0.467 e. The molecule has 0 aliphatic carbocycles. The summed E-state index contributed by atoms with van der Waals surface area (Å²) in [6.07, 6.45) is 1.63. The van der Waals surface area contributed by atoms with Crippen LogP contribution in [-0.2, 0) is 11.3 Å². The van der Waals surface area contributed by atoms with Crippen LogP contribution in [0.5, 0.6) is 0 Å². The number of nitrogens with zero attached hydrogens (tertiary/aromatic N) is 1. The fraction of sp³-hybridized carbons (Fsp3) is 0.545.